The lowest BCUT2D eigenvalue weighted by Crippen LogP contribution is -2.30. The molecule has 1 aromatic rings. The van der Waals surface area contributed by atoms with Crippen LogP contribution in [0.2, 0.25) is 0 Å². The van der Waals surface area contributed by atoms with E-state index in [9.17, 15) is 18.3 Å². The van der Waals surface area contributed by atoms with Crippen LogP contribution in [0.1, 0.15) is 30.0 Å². The van der Waals surface area contributed by atoms with Crippen LogP contribution in [-0.2, 0) is 6.18 Å². The highest BCUT2D eigenvalue weighted by molar-refractivity contribution is 5.32. The maximum atomic E-state index is 12.9. The Morgan fingerprint density at radius 2 is 1.78 bits per heavy atom. The highest BCUT2D eigenvalue weighted by Gasteiger charge is 2.36. The van der Waals surface area contributed by atoms with Crippen molar-refractivity contribution in [2.75, 3.05) is 19.7 Å². The predicted octanol–water partition coefficient (Wildman–Crippen LogP) is 2.83. The van der Waals surface area contributed by atoms with Gasteiger partial charge in [-0.25, -0.2) is 0 Å². The van der Waals surface area contributed by atoms with E-state index in [-0.39, 0.29) is 12.2 Å². The van der Waals surface area contributed by atoms with Crippen LogP contribution in [0.3, 0.4) is 0 Å². The molecular formula is C13H16F3NO. The first-order valence-corrected chi connectivity index (χ1v) is 6.05. The van der Waals surface area contributed by atoms with Crippen molar-refractivity contribution in [1.29, 1.82) is 0 Å². The van der Waals surface area contributed by atoms with Gasteiger partial charge >= 0.3 is 6.18 Å². The minimum absolute atomic E-state index is 0.175. The lowest BCUT2D eigenvalue weighted by atomic mass is 9.99. The summed E-state index contributed by atoms with van der Waals surface area (Å²) in [7, 11) is 0. The van der Waals surface area contributed by atoms with Crippen molar-refractivity contribution < 1.29 is 18.3 Å². The lowest BCUT2D eigenvalue weighted by molar-refractivity contribution is -0.138. The maximum absolute atomic E-state index is 12.9. The zero-order valence-corrected chi connectivity index (χ0v) is 9.95. The smallest absolute Gasteiger partial charge is 0.394 e. The van der Waals surface area contributed by atoms with Crippen molar-refractivity contribution in [2.24, 2.45) is 0 Å². The molecule has 1 aliphatic heterocycles. The van der Waals surface area contributed by atoms with E-state index >= 15 is 0 Å². The lowest BCUT2D eigenvalue weighted by Gasteiger charge is -2.28. The fourth-order valence-corrected chi connectivity index (χ4v) is 2.51. The first-order chi connectivity index (χ1) is 8.54. The summed E-state index contributed by atoms with van der Waals surface area (Å²) in [4.78, 5) is 1.92. The Hall–Kier alpha value is -1.07. The quantitative estimate of drug-likeness (QED) is 0.902. The molecule has 1 atom stereocenters. The van der Waals surface area contributed by atoms with Gasteiger partial charge in [-0.3, -0.25) is 4.90 Å². The molecule has 18 heavy (non-hydrogen) atoms. The van der Waals surface area contributed by atoms with E-state index in [4.69, 9.17) is 0 Å². The Balaban J connectivity index is 2.35. The molecule has 1 aromatic carbocycles. The Morgan fingerprint density at radius 1 is 1.17 bits per heavy atom. The molecule has 100 valence electrons. The number of likely N-dealkylation sites (tertiary alicyclic amines) is 1. The van der Waals surface area contributed by atoms with Gasteiger partial charge in [0, 0.05) is 0 Å². The second-order valence-electron chi connectivity index (χ2n) is 4.53. The minimum atomic E-state index is -4.37. The number of alkyl halides is 3. The van der Waals surface area contributed by atoms with Crippen molar-refractivity contribution in [3.8, 4) is 0 Å². The second-order valence-corrected chi connectivity index (χ2v) is 4.53. The average Bonchev–Trinajstić information content (AvgIpc) is 2.83. The van der Waals surface area contributed by atoms with Gasteiger partial charge in [0.1, 0.15) is 0 Å². The zero-order chi connectivity index (χ0) is 13.2. The SMILES string of the molecule is OC[C@H](c1ccccc1C(F)(F)F)N1CCCC1. The highest BCUT2D eigenvalue weighted by Crippen LogP contribution is 2.36. The van der Waals surface area contributed by atoms with Crippen molar-refractivity contribution in [3.63, 3.8) is 0 Å². The van der Waals surface area contributed by atoms with E-state index in [2.05, 4.69) is 0 Å². The number of halogens is 3. The number of aliphatic hydroxyl groups is 1. The summed E-state index contributed by atoms with van der Waals surface area (Å²) >= 11 is 0. The summed E-state index contributed by atoms with van der Waals surface area (Å²) in [5, 5.41) is 9.42. The Bertz CT molecular complexity index is 399. The number of hydrogen-bond donors (Lipinski definition) is 1. The summed E-state index contributed by atoms with van der Waals surface area (Å²) in [6, 6.07) is 4.95. The number of rotatable bonds is 3. The molecule has 1 N–H and O–H groups in total. The van der Waals surface area contributed by atoms with Gasteiger partial charge in [0.15, 0.2) is 0 Å². The molecule has 1 fully saturated rings. The Labute approximate surface area is 104 Å². The summed E-state index contributed by atoms with van der Waals surface area (Å²) in [6.07, 6.45) is -2.42. The van der Waals surface area contributed by atoms with Crippen LogP contribution in [0.5, 0.6) is 0 Å². The molecule has 0 aromatic heterocycles. The van der Waals surface area contributed by atoms with Crippen molar-refractivity contribution in [3.05, 3.63) is 35.4 Å². The molecule has 0 bridgehead atoms. The fourth-order valence-electron chi connectivity index (χ4n) is 2.51. The molecule has 1 heterocycles. The molecular weight excluding hydrogens is 243 g/mol. The average molecular weight is 259 g/mol. The molecule has 2 rings (SSSR count). The van der Waals surface area contributed by atoms with Gasteiger partial charge in [0.2, 0.25) is 0 Å². The zero-order valence-electron chi connectivity index (χ0n) is 9.95. The second kappa shape index (κ2) is 5.28. The summed E-state index contributed by atoms with van der Waals surface area (Å²) in [5.41, 5.74) is -0.467. The molecule has 0 aliphatic carbocycles. The number of aliphatic hydroxyl groups excluding tert-OH is 1. The topological polar surface area (TPSA) is 23.5 Å². The van der Waals surface area contributed by atoms with Crippen LogP contribution in [0.4, 0.5) is 13.2 Å². The molecule has 1 saturated heterocycles. The third-order valence-electron chi connectivity index (χ3n) is 3.38. The molecule has 2 nitrogen and oxygen atoms in total. The van der Waals surface area contributed by atoms with E-state index in [0.717, 1.165) is 32.0 Å². The van der Waals surface area contributed by atoms with Crippen LogP contribution in [0, 0.1) is 0 Å². The third kappa shape index (κ3) is 2.67. The van der Waals surface area contributed by atoms with Crippen molar-refractivity contribution in [2.45, 2.75) is 25.1 Å². The van der Waals surface area contributed by atoms with Gasteiger partial charge in [-0.05, 0) is 37.6 Å². The van der Waals surface area contributed by atoms with Gasteiger partial charge in [-0.1, -0.05) is 18.2 Å². The Morgan fingerprint density at radius 3 is 2.33 bits per heavy atom. The first-order valence-electron chi connectivity index (χ1n) is 6.05. The van der Waals surface area contributed by atoms with E-state index in [1.165, 1.54) is 12.1 Å². The number of benzene rings is 1. The van der Waals surface area contributed by atoms with E-state index in [1.807, 2.05) is 4.90 Å². The van der Waals surface area contributed by atoms with E-state index in [0.29, 0.717) is 0 Å². The van der Waals surface area contributed by atoms with Gasteiger partial charge < -0.3 is 5.11 Å². The van der Waals surface area contributed by atoms with Gasteiger partial charge in [-0.15, -0.1) is 0 Å². The van der Waals surface area contributed by atoms with Crippen LogP contribution < -0.4 is 0 Å². The summed E-state index contributed by atoms with van der Waals surface area (Å²) in [6.45, 7) is 1.21. The molecule has 0 saturated carbocycles. The Kier molecular flexibility index (Phi) is 3.92. The maximum Gasteiger partial charge on any atom is 0.416 e. The van der Waals surface area contributed by atoms with E-state index < -0.39 is 17.8 Å². The fraction of sp³-hybridized carbons (Fsp3) is 0.538. The van der Waals surface area contributed by atoms with Crippen LogP contribution in [0.25, 0.3) is 0 Å². The number of nitrogens with zero attached hydrogens (tertiary/aromatic N) is 1. The van der Waals surface area contributed by atoms with Crippen LogP contribution >= 0.6 is 0 Å². The van der Waals surface area contributed by atoms with Crippen molar-refractivity contribution >= 4 is 0 Å². The summed E-state index contributed by atoms with van der Waals surface area (Å²) < 4.78 is 38.8. The molecule has 5 heteroatoms. The van der Waals surface area contributed by atoms with Gasteiger partial charge in [0.05, 0.1) is 18.2 Å². The standard InChI is InChI=1S/C13H16F3NO/c14-13(15,16)11-6-2-1-5-10(11)12(9-18)17-7-3-4-8-17/h1-2,5-6,12,18H,3-4,7-9H2/t12-/m1/s1. The van der Waals surface area contributed by atoms with Crippen LogP contribution in [0.15, 0.2) is 24.3 Å². The predicted molar refractivity (Wildman–Crippen MR) is 62.1 cm³/mol. The third-order valence-corrected chi connectivity index (χ3v) is 3.38. The largest absolute Gasteiger partial charge is 0.416 e. The van der Waals surface area contributed by atoms with Crippen molar-refractivity contribution in [1.82, 2.24) is 4.90 Å². The molecule has 0 spiro atoms. The minimum Gasteiger partial charge on any atom is -0.394 e. The van der Waals surface area contributed by atoms with Crippen LogP contribution in [-0.4, -0.2) is 29.7 Å². The molecule has 0 radical (unpaired) electrons. The monoisotopic (exact) mass is 259 g/mol. The number of hydrogen-bond acceptors (Lipinski definition) is 2. The normalized spacial score (nSPS) is 19.1. The van der Waals surface area contributed by atoms with Gasteiger partial charge in [-0.2, -0.15) is 13.2 Å². The van der Waals surface area contributed by atoms with E-state index in [1.54, 1.807) is 6.07 Å². The van der Waals surface area contributed by atoms with Gasteiger partial charge in [0.25, 0.3) is 0 Å². The summed E-state index contributed by atoms with van der Waals surface area (Å²) in [5.74, 6) is 0. The molecule has 0 amide bonds. The molecule has 1 aliphatic rings. The molecule has 0 unspecified atom stereocenters. The highest BCUT2D eigenvalue weighted by atomic mass is 19.4. The first kappa shape index (κ1) is 13.4.